The van der Waals surface area contributed by atoms with Gasteiger partial charge in [-0.05, 0) is 25.0 Å². The molecule has 10 heavy (non-hydrogen) atoms. The summed E-state index contributed by atoms with van der Waals surface area (Å²) in [5.41, 5.74) is 1.36. The highest BCUT2D eigenvalue weighted by Crippen LogP contribution is 2.10. The predicted molar refractivity (Wildman–Crippen MR) is 51.8 cm³/mol. The van der Waals surface area contributed by atoms with Crippen molar-refractivity contribution in [3.63, 3.8) is 0 Å². The first-order valence-corrected chi connectivity index (χ1v) is 4.72. The van der Waals surface area contributed by atoms with Crippen molar-refractivity contribution in [3.05, 3.63) is 12.2 Å². The largest absolute Gasteiger partial charge is 0.179 e. The first-order chi connectivity index (χ1) is 4.81. The van der Waals surface area contributed by atoms with Gasteiger partial charge >= 0.3 is 0 Å². The average Bonchev–Trinajstić information content (AvgIpc) is 1.89. The molecule has 0 saturated carbocycles. The van der Waals surface area contributed by atoms with E-state index in [-0.39, 0.29) is 0 Å². The van der Waals surface area contributed by atoms with Crippen LogP contribution in [0.2, 0.25) is 0 Å². The molecule has 0 rings (SSSR count). The maximum Gasteiger partial charge on any atom is -0.00607 e. The molecule has 0 amide bonds. The van der Waals surface area contributed by atoms with E-state index in [1.807, 2.05) is 0 Å². The van der Waals surface area contributed by atoms with Crippen LogP contribution in [0.15, 0.2) is 12.2 Å². The molecule has 0 nitrogen and oxygen atoms in total. The summed E-state index contributed by atoms with van der Waals surface area (Å²) in [5, 5.41) is 0. The van der Waals surface area contributed by atoms with Gasteiger partial charge in [-0.2, -0.15) is 12.6 Å². The van der Waals surface area contributed by atoms with Crippen molar-refractivity contribution in [2.45, 2.75) is 39.0 Å². The van der Waals surface area contributed by atoms with Gasteiger partial charge in [-0.25, -0.2) is 0 Å². The Morgan fingerprint density at radius 2 is 2.00 bits per heavy atom. The van der Waals surface area contributed by atoms with Gasteiger partial charge in [0, 0.05) is 0 Å². The first-order valence-electron chi connectivity index (χ1n) is 4.08. The minimum absolute atomic E-state index is 0.949. The highest BCUT2D eigenvalue weighted by molar-refractivity contribution is 7.80. The fourth-order valence-electron chi connectivity index (χ4n) is 0.908. The predicted octanol–water partition coefficient (Wildman–Crippen LogP) is 3.44. The molecule has 0 radical (unpaired) electrons. The molecule has 0 aromatic carbocycles. The van der Waals surface area contributed by atoms with Crippen LogP contribution in [0.5, 0.6) is 0 Å². The molecule has 60 valence electrons. The van der Waals surface area contributed by atoms with Crippen molar-refractivity contribution in [1.82, 2.24) is 0 Å². The quantitative estimate of drug-likeness (QED) is 0.342. The molecule has 0 aromatic heterocycles. The molecule has 0 aliphatic carbocycles. The number of hydrogen-bond donors (Lipinski definition) is 1. The smallest absolute Gasteiger partial charge is 0.00607 e. The summed E-state index contributed by atoms with van der Waals surface area (Å²) in [4.78, 5) is 0. The van der Waals surface area contributed by atoms with E-state index in [9.17, 15) is 0 Å². The average molecular weight is 158 g/mol. The third-order valence-electron chi connectivity index (χ3n) is 1.60. The Labute approximate surface area is 70.1 Å². The van der Waals surface area contributed by atoms with Crippen LogP contribution in [0.3, 0.4) is 0 Å². The zero-order valence-corrected chi connectivity index (χ0v) is 7.79. The van der Waals surface area contributed by atoms with Crippen molar-refractivity contribution in [2.75, 3.05) is 5.75 Å². The molecule has 0 bridgehead atoms. The summed E-state index contributed by atoms with van der Waals surface area (Å²) in [6.45, 7) is 6.19. The van der Waals surface area contributed by atoms with Crippen molar-refractivity contribution < 1.29 is 0 Å². The van der Waals surface area contributed by atoms with Gasteiger partial charge in [0.25, 0.3) is 0 Å². The van der Waals surface area contributed by atoms with E-state index in [0.29, 0.717) is 0 Å². The van der Waals surface area contributed by atoms with Crippen LogP contribution < -0.4 is 0 Å². The van der Waals surface area contributed by atoms with Crippen LogP contribution in [0.4, 0.5) is 0 Å². The third kappa shape index (κ3) is 6.21. The van der Waals surface area contributed by atoms with Crippen LogP contribution in [-0.4, -0.2) is 5.75 Å². The Bertz CT molecular complexity index is 86.7. The molecule has 0 spiro atoms. The molecule has 0 unspecified atom stereocenters. The molecule has 0 N–H and O–H groups in total. The number of rotatable bonds is 6. The zero-order valence-electron chi connectivity index (χ0n) is 6.90. The van der Waals surface area contributed by atoms with Gasteiger partial charge in [0.2, 0.25) is 0 Å². The Kier molecular flexibility index (Phi) is 7.26. The fourth-order valence-corrected chi connectivity index (χ4v) is 1.22. The highest BCUT2D eigenvalue weighted by Gasteiger charge is 1.91. The van der Waals surface area contributed by atoms with Gasteiger partial charge in [0.1, 0.15) is 0 Å². The molecule has 0 heterocycles. The van der Waals surface area contributed by atoms with Gasteiger partial charge in [-0.1, -0.05) is 31.9 Å². The summed E-state index contributed by atoms with van der Waals surface area (Å²) >= 11 is 4.14. The van der Waals surface area contributed by atoms with Crippen LogP contribution in [0, 0.1) is 0 Å². The van der Waals surface area contributed by atoms with E-state index >= 15 is 0 Å². The minimum atomic E-state index is 0.949. The number of allylic oxidation sites excluding steroid dienone is 1. The monoisotopic (exact) mass is 158 g/mol. The topological polar surface area (TPSA) is 0 Å². The summed E-state index contributed by atoms with van der Waals surface area (Å²) in [7, 11) is 0. The molecule has 0 atom stereocenters. The van der Waals surface area contributed by atoms with E-state index in [1.165, 1.54) is 31.3 Å². The van der Waals surface area contributed by atoms with Crippen LogP contribution in [0.1, 0.15) is 39.0 Å². The summed E-state index contributed by atoms with van der Waals surface area (Å²) in [6, 6.07) is 0. The van der Waals surface area contributed by atoms with Gasteiger partial charge in [0.15, 0.2) is 0 Å². The lowest BCUT2D eigenvalue weighted by atomic mass is 10.1. The molecule has 0 saturated heterocycles. The second kappa shape index (κ2) is 7.20. The zero-order chi connectivity index (χ0) is 7.82. The van der Waals surface area contributed by atoms with Crippen molar-refractivity contribution in [3.8, 4) is 0 Å². The molecule has 0 aliphatic heterocycles. The number of hydrogen-bond acceptors (Lipinski definition) is 1. The molecule has 0 aliphatic rings. The lowest BCUT2D eigenvalue weighted by Gasteiger charge is -2.01. The van der Waals surface area contributed by atoms with E-state index in [0.717, 1.165) is 12.2 Å². The van der Waals surface area contributed by atoms with Gasteiger partial charge in [0.05, 0.1) is 0 Å². The van der Waals surface area contributed by atoms with E-state index < -0.39 is 0 Å². The SMILES string of the molecule is C=C(CCS)CCCCC. The molecule has 0 aromatic rings. The lowest BCUT2D eigenvalue weighted by Crippen LogP contribution is -1.83. The van der Waals surface area contributed by atoms with Gasteiger partial charge in [-0.15, -0.1) is 0 Å². The second-order valence-electron chi connectivity index (χ2n) is 2.68. The Morgan fingerprint density at radius 1 is 1.30 bits per heavy atom. The minimum Gasteiger partial charge on any atom is -0.179 e. The maximum absolute atomic E-state index is 4.14. The number of thiol groups is 1. The van der Waals surface area contributed by atoms with Crippen LogP contribution >= 0.6 is 12.6 Å². The third-order valence-corrected chi connectivity index (χ3v) is 1.82. The summed E-state index contributed by atoms with van der Waals surface area (Å²) < 4.78 is 0. The number of unbranched alkanes of at least 4 members (excludes halogenated alkanes) is 2. The van der Waals surface area contributed by atoms with Gasteiger partial charge in [-0.3, -0.25) is 0 Å². The summed E-state index contributed by atoms with van der Waals surface area (Å²) in [5.74, 6) is 0.949. The Hall–Kier alpha value is 0.0900. The Morgan fingerprint density at radius 3 is 2.50 bits per heavy atom. The molecular formula is C9H18S. The van der Waals surface area contributed by atoms with Crippen LogP contribution in [0.25, 0.3) is 0 Å². The first kappa shape index (κ1) is 10.1. The van der Waals surface area contributed by atoms with Gasteiger partial charge < -0.3 is 0 Å². The molecule has 1 heteroatoms. The fraction of sp³-hybridized carbons (Fsp3) is 0.778. The molecule has 0 fully saturated rings. The van der Waals surface area contributed by atoms with E-state index in [1.54, 1.807) is 0 Å². The second-order valence-corrected chi connectivity index (χ2v) is 3.13. The maximum atomic E-state index is 4.14. The highest BCUT2D eigenvalue weighted by atomic mass is 32.1. The van der Waals surface area contributed by atoms with Crippen LogP contribution in [-0.2, 0) is 0 Å². The molecular weight excluding hydrogens is 140 g/mol. The van der Waals surface area contributed by atoms with Crippen molar-refractivity contribution in [2.24, 2.45) is 0 Å². The lowest BCUT2D eigenvalue weighted by molar-refractivity contribution is 0.704. The van der Waals surface area contributed by atoms with E-state index in [4.69, 9.17) is 0 Å². The summed E-state index contributed by atoms with van der Waals surface area (Å²) in [6.07, 6.45) is 6.24. The normalized spacial score (nSPS) is 9.80. The standard InChI is InChI=1S/C9H18S/c1-3-4-5-6-9(2)7-8-10/h10H,2-8H2,1H3. The van der Waals surface area contributed by atoms with Crippen molar-refractivity contribution >= 4 is 12.6 Å². The van der Waals surface area contributed by atoms with E-state index in [2.05, 4.69) is 26.1 Å². The Balaban J connectivity index is 3.05. The van der Waals surface area contributed by atoms with Crippen molar-refractivity contribution in [1.29, 1.82) is 0 Å².